The number of hydrogen-bond acceptors (Lipinski definition) is 4. The topological polar surface area (TPSA) is 76.4 Å². The van der Waals surface area contributed by atoms with E-state index in [1.807, 2.05) is 19.1 Å². The number of nitrogens with zero attached hydrogens (tertiary/aromatic N) is 1. The average Bonchev–Trinajstić information content (AvgIpc) is 2.74. The Hall–Kier alpha value is -1.66. The Balaban J connectivity index is 2.02. The van der Waals surface area contributed by atoms with Crippen LogP contribution >= 0.6 is 10.0 Å². The van der Waals surface area contributed by atoms with E-state index in [0.717, 1.165) is 54.0 Å². The predicted molar refractivity (Wildman–Crippen MR) is 153 cm³/mol. The maximum Gasteiger partial charge on any atom is 0.104 e. The molecule has 182 valence electrons. The van der Waals surface area contributed by atoms with Gasteiger partial charge in [-0.1, -0.05) is 38.0 Å². The molecule has 0 heterocycles. The van der Waals surface area contributed by atoms with Gasteiger partial charge in [-0.15, -0.1) is 0 Å². The van der Waals surface area contributed by atoms with Crippen LogP contribution in [-0.4, -0.2) is 50.1 Å². The highest BCUT2D eigenvalue weighted by atomic mass is 32.3. The molecule has 6 heteroatoms. The number of anilines is 1. The first kappa shape index (κ1) is 27.6. The van der Waals surface area contributed by atoms with Gasteiger partial charge in [-0.2, -0.15) is 0 Å². The summed E-state index contributed by atoms with van der Waals surface area (Å²) < 4.78 is 0. The zero-order chi connectivity index (χ0) is 24.6. The molecule has 0 aliphatic heterocycles. The highest BCUT2D eigenvalue weighted by Gasteiger charge is 2.33. The van der Waals surface area contributed by atoms with Gasteiger partial charge < -0.3 is 16.8 Å². The molecule has 0 spiro atoms. The minimum atomic E-state index is -0.907. The molecule has 1 aromatic rings. The maximum absolute atomic E-state index is 6.51. The van der Waals surface area contributed by atoms with Crippen LogP contribution in [-0.2, 0) is 0 Å². The number of allylic oxidation sites excluding steroid dienone is 2. The zero-order valence-corrected chi connectivity index (χ0v) is 22.4. The van der Waals surface area contributed by atoms with Crippen molar-refractivity contribution >= 4 is 34.8 Å². The van der Waals surface area contributed by atoms with Crippen LogP contribution in [0.15, 0.2) is 47.2 Å². The number of benzene rings is 1. The standard InChI is InChI=1S/C27H45BN4S/c1-20(29)26(21(2)31-18-10-11-19-33(4,5)6)23-14-16-25(17-15-23)32-22(3)27(28,30)24-12-8-7-9-13-24/h14-17,24,32H,3,7-13,18-19,29-30H2,1-2,4-6H3/b26-20+,31-21?. The van der Waals surface area contributed by atoms with E-state index in [1.165, 1.54) is 31.4 Å². The summed E-state index contributed by atoms with van der Waals surface area (Å²) in [4.78, 5) is 4.82. The molecule has 0 bridgehead atoms. The summed E-state index contributed by atoms with van der Waals surface area (Å²) in [5, 5.41) is 3.34. The summed E-state index contributed by atoms with van der Waals surface area (Å²) >= 11 is 0. The lowest BCUT2D eigenvalue weighted by Gasteiger charge is -2.39. The zero-order valence-electron chi connectivity index (χ0n) is 21.5. The SMILES string of the molecule is [B]C(N)(C(=C)Nc1ccc(/C(C(C)=NCCCCS(C)(C)C)=C(\C)N)cc1)C1CCCCC1. The van der Waals surface area contributed by atoms with Crippen molar-refractivity contribution in [3.8, 4) is 0 Å². The van der Waals surface area contributed by atoms with Gasteiger partial charge in [0.25, 0.3) is 0 Å². The summed E-state index contributed by atoms with van der Waals surface area (Å²) in [5.41, 5.74) is 17.3. The molecule has 0 saturated heterocycles. The number of rotatable bonds is 11. The van der Waals surface area contributed by atoms with E-state index in [4.69, 9.17) is 24.3 Å². The van der Waals surface area contributed by atoms with E-state index in [0.29, 0.717) is 5.70 Å². The van der Waals surface area contributed by atoms with E-state index in [1.54, 1.807) is 0 Å². The molecule has 0 aromatic heterocycles. The molecule has 1 fully saturated rings. The molecule has 0 amide bonds. The van der Waals surface area contributed by atoms with Crippen LogP contribution in [0.4, 0.5) is 5.69 Å². The predicted octanol–water partition coefficient (Wildman–Crippen LogP) is 5.64. The third-order valence-corrected chi connectivity index (χ3v) is 8.06. The second kappa shape index (κ2) is 12.2. The maximum atomic E-state index is 6.51. The molecule has 1 atom stereocenters. The third kappa shape index (κ3) is 8.57. The van der Waals surface area contributed by atoms with Crippen LogP contribution < -0.4 is 16.8 Å². The van der Waals surface area contributed by atoms with E-state index in [9.17, 15) is 0 Å². The molecule has 4 nitrogen and oxygen atoms in total. The average molecular weight is 469 g/mol. The lowest BCUT2D eigenvalue weighted by atomic mass is 9.62. The van der Waals surface area contributed by atoms with Gasteiger partial charge in [0.1, 0.15) is 7.85 Å². The molecule has 1 aromatic carbocycles. The second-order valence-electron chi connectivity index (χ2n) is 10.5. The van der Waals surface area contributed by atoms with Crippen LogP contribution in [0.1, 0.15) is 64.4 Å². The number of nitrogens with two attached hydrogens (primary N) is 2. The summed E-state index contributed by atoms with van der Waals surface area (Å²) in [7, 11) is 6.08. The van der Waals surface area contributed by atoms with Crippen molar-refractivity contribution in [3.63, 3.8) is 0 Å². The lowest BCUT2D eigenvalue weighted by Crippen LogP contribution is -2.51. The fraction of sp³-hybridized carbons (Fsp3) is 0.593. The number of hydrogen-bond donors (Lipinski definition) is 3. The normalized spacial score (nSPS) is 18.9. The van der Waals surface area contributed by atoms with Crippen molar-refractivity contribution in [2.75, 3.05) is 36.4 Å². The Kier molecular flexibility index (Phi) is 10.2. The molecule has 1 aliphatic rings. The minimum absolute atomic E-state index is 0.267. The van der Waals surface area contributed by atoms with Crippen molar-refractivity contribution in [2.24, 2.45) is 22.4 Å². The summed E-state index contributed by atoms with van der Waals surface area (Å²) in [6.07, 6.45) is 15.2. The van der Waals surface area contributed by atoms with Gasteiger partial charge in [0.2, 0.25) is 0 Å². The van der Waals surface area contributed by atoms with Crippen molar-refractivity contribution in [1.29, 1.82) is 0 Å². The van der Waals surface area contributed by atoms with Gasteiger partial charge >= 0.3 is 0 Å². The molecule has 1 aliphatic carbocycles. The van der Waals surface area contributed by atoms with Crippen molar-refractivity contribution < 1.29 is 0 Å². The van der Waals surface area contributed by atoms with Gasteiger partial charge in [-0.05, 0) is 87.7 Å². The van der Waals surface area contributed by atoms with Crippen LogP contribution in [0.5, 0.6) is 0 Å². The molecule has 2 rings (SSSR count). The molecule has 5 N–H and O–H groups in total. The Bertz CT molecular complexity index is 840. The number of unbranched alkanes of at least 4 members (excludes halogenated alkanes) is 1. The molecular formula is C27H45BN4S. The van der Waals surface area contributed by atoms with Crippen molar-refractivity contribution in [1.82, 2.24) is 0 Å². The number of nitrogens with one attached hydrogen (secondary N) is 1. The molecule has 1 unspecified atom stereocenters. The van der Waals surface area contributed by atoms with Crippen LogP contribution in [0.3, 0.4) is 0 Å². The first-order chi connectivity index (χ1) is 15.4. The Morgan fingerprint density at radius 1 is 1.12 bits per heavy atom. The monoisotopic (exact) mass is 468 g/mol. The minimum Gasteiger partial charge on any atom is -0.402 e. The van der Waals surface area contributed by atoms with Crippen LogP contribution in [0, 0.1) is 5.92 Å². The fourth-order valence-corrected chi connectivity index (χ4v) is 5.59. The van der Waals surface area contributed by atoms with E-state index in [-0.39, 0.29) is 5.92 Å². The first-order valence-electron chi connectivity index (χ1n) is 12.2. The summed E-state index contributed by atoms with van der Waals surface area (Å²) in [6.45, 7) is 9.00. The summed E-state index contributed by atoms with van der Waals surface area (Å²) in [5.74, 6) is 1.57. The molecule has 1 saturated carbocycles. The Morgan fingerprint density at radius 3 is 2.27 bits per heavy atom. The second-order valence-corrected chi connectivity index (χ2v) is 15.1. The highest BCUT2D eigenvalue weighted by Crippen LogP contribution is 2.35. The Labute approximate surface area is 205 Å². The van der Waals surface area contributed by atoms with E-state index in [2.05, 4.69) is 49.7 Å². The van der Waals surface area contributed by atoms with E-state index < -0.39 is 15.5 Å². The smallest absolute Gasteiger partial charge is 0.104 e. The molecule has 33 heavy (non-hydrogen) atoms. The highest BCUT2D eigenvalue weighted by molar-refractivity contribution is 8.32. The van der Waals surface area contributed by atoms with Crippen LogP contribution in [0.2, 0.25) is 0 Å². The first-order valence-corrected chi connectivity index (χ1v) is 15.2. The Morgan fingerprint density at radius 2 is 1.73 bits per heavy atom. The molecular weight excluding hydrogens is 423 g/mol. The molecule has 2 radical (unpaired) electrons. The van der Waals surface area contributed by atoms with E-state index >= 15 is 0 Å². The number of aliphatic imine (C=N–C) groups is 1. The van der Waals surface area contributed by atoms with Crippen molar-refractivity contribution in [3.05, 3.63) is 47.8 Å². The quantitative estimate of drug-likeness (QED) is 0.223. The van der Waals surface area contributed by atoms with Gasteiger partial charge in [-0.25, -0.2) is 10.0 Å². The van der Waals surface area contributed by atoms with Gasteiger partial charge in [0.05, 0.1) is 0 Å². The largest absolute Gasteiger partial charge is 0.402 e. The fourth-order valence-electron chi connectivity index (χ4n) is 4.52. The summed E-state index contributed by atoms with van der Waals surface area (Å²) in [6, 6.07) is 8.19. The van der Waals surface area contributed by atoms with Crippen molar-refractivity contribution in [2.45, 2.75) is 64.2 Å². The van der Waals surface area contributed by atoms with Gasteiger partial charge in [-0.3, -0.25) is 4.99 Å². The van der Waals surface area contributed by atoms with Crippen LogP contribution in [0.25, 0.3) is 5.57 Å². The third-order valence-electron chi connectivity index (χ3n) is 6.54. The van der Waals surface area contributed by atoms with Gasteiger partial charge in [0.15, 0.2) is 0 Å². The van der Waals surface area contributed by atoms with Gasteiger partial charge in [0, 0.05) is 40.3 Å². The lowest BCUT2D eigenvalue weighted by molar-refractivity contribution is 0.301.